The normalized spacial score (nSPS) is 12.4. The fraction of sp³-hybridized carbons (Fsp3) is 0.308. The third-order valence-electron chi connectivity index (χ3n) is 2.68. The molecule has 0 bridgehead atoms. The van der Waals surface area contributed by atoms with Crippen molar-refractivity contribution in [3.05, 3.63) is 47.5 Å². The quantitative estimate of drug-likeness (QED) is 0.881. The van der Waals surface area contributed by atoms with Crippen molar-refractivity contribution in [2.24, 2.45) is 0 Å². The summed E-state index contributed by atoms with van der Waals surface area (Å²) in [6, 6.07) is 6.39. The van der Waals surface area contributed by atoms with Crippen LogP contribution >= 0.6 is 0 Å². The van der Waals surface area contributed by atoms with Crippen molar-refractivity contribution in [1.29, 1.82) is 0 Å². The molecule has 1 unspecified atom stereocenters. The number of carbonyl (C=O) groups excluding carboxylic acids is 1. The van der Waals surface area contributed by atoms with Gasteiger partial charge in [-0.05, 0) is 25.1 Å². The highest BCUT2D eigenvalue weighted by molar-refractivity contribution is 5.92. The van der Waals surface area contributed by atoms with E-state index in [-0.39, 0.29) is 17.4 Å². The standard InChI is InChI=1S/C13H14F2N4O/c1-8(6-9-4-2-3-5-16-9)17-13(20)11-7-10(12(14)15)18-19-11/h2-5,7-8,12H,6H2,1H3,(H,17,20)(H,18,19). The molecule has 2 heterocycles. The first-order valence-electron chi connectivity index (χ1n) is 6.10. The molecule has 0 saturated carbocycles. The summed E-state index contributed by atoms with van der Waals surface area (Å²) in [5.74, 6) is -0.489. The van der Waals surface area contributed by atoms with Crippen molar-refractivity contribution < 1.29 is 13.6 Å². The van der Waals surface area contributed by atoms with E-state index in [1.807, 2.05) is 25.1 Å². The van der Waals surface area contributed by atoms with Gasteiger partial charge in [0.05, 0.1) is 0 Å². The second kappa shape index (κ2) is 6.23. The number of pyridine rings is 1. The molecule has 2 aromatic rings. The second-order valence-electron chi connectivity index (χ2n) is 4.41. The van der Waals surface area contributed by atoms with Crippen LogP contribution in [0.2, 0.25) is 0 Å². The van der Waals surface area contributed by atoms with Gasteiger partial charge in [-0.3, -0.25) is 14.9 Å². The molecule has 0 radical (unpaired) electrons. The van der Waals surface area contributed by atoms with Crippen LogP contribution in [0.5, 0.6) is 0 Å². The summed E-state index contributed by atoms with van der Waals surface area (Å²) in [6.45, 7) is 1.81. The van der Waals surface area contributed by atoms with Crippen LogP contribution < -0.4 is 5.32 Å². The van der Waals surface area contributed by atoms with Crippen LogP contribution in [0.1, 0.15) is 35.2 Å². The van der Waals surface area contributed by atoms with Gasteiger partial charge in [0.15, 0.2) is 0 Å². The summed E-state index contributed by atoms with van der Waals surface area (Å²) >= 11 is 0. The SMILES string of the molecule is CC(Cc1ccccn1)NC(=O)c1cc(C(F)F)[nH]n1. The molecule has 0 spiro atoms. The van der Waals surface area contributed by atoms with Crippen molar-refractivity contribution in [3.8, 4) is 0 Å². The second-order valence-corrected chi connectivity index (χ2v) is 4.41. The Kier molecular flexibility index (Phi) is 4.39. The third-order valence-corrected chi connectivity index (χ3v) is 2.68. The van der Waals surface area contributed by atoms with Gasteiger partial charge in [0.2, 0.25) is 0 Å². The third kappa shape index (κ3) is 3.59. The van der Waals surface area contributed by atoms with Gasteiger partial charge in [-0.2, -0.15) is 5.10 Å². The van der Waals surface area contributed by atoms with Crippen molar-refractivity contribution in [1.82, 2.24) is 20.5 Å². The average Bonchev–Trinajstić information content (AvgIpc) is 2.89. The number of rotatable bonds is 5. The van der Waals surface area contributed by atoms with Gasteiger partial charge in [-0.1, -0.05) is 6.07 Å². The Hall–Kier alpha value is -2.31. The Labute approximate surface area is 114 Å². The molecule has 1 atom stereocenters. The monoisotopic (exact) mass is 280 g/mol. The number of aromatic amines is 1. The minimum absolute atomic E-state index is 0.0480. The highest BCUT2D eigenvalue weighted by Crippen LogP contribution is 2.16. The van der Waals surface area contributed by atoms with E-state index in [2.05, 4.69) is 20.5 Å². The Bertz CT molecular complexity index is 571. The van der Waals surface area contributed by atoms with Crippen LogP contribution in [-0.2, 0) is 6.42 Å². The number of halogens is 2. The van der Waals surface area contributed by atoms with Gasteiger partial charge in [0.25, 0.3) is 12.3 Å². The molecule has 0 aliphatic heterocycles. The molecule has 0 aliphatic carbocycles. The van der Waals surface area contributed by atoms with Gasteiger partial charge in [-0.15, -0.1) is 0 Å². The summed E-state index contributed by atoms with van der Waals surface area (Å²) in [5, 5.41) is 8.39. The molecule has 0 aliphatic rings. The molecular weight excluding hydrogens is 266 g/mol. The summed E-state index contributed by atoms with van der Waals surface area (Å²) in [6.07, 6.45) is -0.444. The van der Waals surface area contributed by atoms with Crippen LogP contribution in [0.15, 0.2) is 30.5 Å². The minimum atomic E-state index is -2.67. The predicted octanol–water partition coefficient (Wildman–Crippen LogP) is 2.10. The largest absolute Gasteiger partial charge is 0.348 e. The van der Waals surface area contributed by atoms with Crippen LogP contribution in [-0.4, -0.2) is 27.1 Å². The number of hydrogen-bond donors (Lipinski definition) is 2. The highest BCUT2D eigenvalue weighted by atomic mass is 19.3. The van der Waals surface area contributed by atoms with Gasteiger partial charge >= 0.3 is 0 Å². The molecule has 20 heavy (non-hydrogen) atoms. The van der Waals surface area contributed by atoms with Crippen molar-refractivity contribution in [3.63, 3.8) is 0 Å². The maximum Gasteiger partial charge on any atom is 0.279 e. The molecular formula is C13H14F2N4O. The molecule has 0 aromatic carbocycles. The lowest BCUT2D eigenvalue weighted by atomic mass is 10.1. The fourth-order valence-corrected chi connectivity index (χ4v) is 1.75. The highest BCUT2D eigenvalue weighted by Gasteiger charge is 2.17. The van der Waals surface area contributed by atoms with Crippen LogP contribution in [0.4, 0.5) is 8.78 Å². The number of nitrogens with one attached hydrogen (secondary N) is 2. The molecule has 106 valence electrons. The molecule has 1 amide bonds. The number of aromatic nitrogens is 3. The smallest absolute Gasteiger partial charge is 0.279 e. The van der Waals surface area contributed by atoms with Gasteiger partial charge < -0.3 is 5.32 Å². The molecule has 0 fully saturated rings. The Morgan fingerprint density at radius 1 is 1.45 bits per heavy atom. The van der Waals surface area contributed by atoms with E-state index < -0.39 is 12.3 Å². The zero-order valence-corrected chi connectivity index (χ0v) is 10.8. The van der Waals surface area contributed by atoms with E-state index in [1.54, 1.807) is 6.20 Å². The van der Waals surface area contributed by atoms with Crippen LogP contribution in [0.3, 0.4) is 0 Å². The van der Waals surface area contributed by atoms with Crippen LogP contribution in [0.25, 0.3) is 0 Å². The number of carbonyl (C=O) groups is 1. The number of hydrogen-bond acceptors (Lipinski definition) is 3. The van der Waals surface area contributed by atoms with E-state index in [0.29, 0.717) is 6.42 Å². The predicted molar refractivity (Wildman–Crippen MR) is 68.4 cm³/mol. The minimum Gasteiger partial charge on any atom is -0.348 e. The summed E-state index contributed by atoms with van der Waals surface area (Å²) in [4.78, 5) is 16.0. The Morgan fingerprint density at radius 3 is 2.85 bits per heavy atom. The summed E-state index contributed by atoms with van der Waals surface area (Å²) in [7, 11) is 0. The van der Waals surface area contributed by atoms with E-state index >= 15 is 0 Å². The summed E-state index contributed by atoms with van der Waals surface area (Å²) in [5.41, 5.74) is 0.427. The molecule has 5 nitrogen and oxygen atoms in total. The van der Waals surface area contributed by atoms with E-state index in [4.69, 9.17) is 0 Å². The number of H-pyrrole nitrogens is 1. The first-order chi connectivity index (χ1) is 9.56. The van der Waals surface area contributed by atoms with Crippen molar-refractivity contribution in [2.45, 2.75) is 25.8 Å². The molecule has 7 heteroatoms. The fourth-order valence-electron chi connectivity index (χ4n) is 1.75. The van der Waals surface area contributed by atoms with Gasteiger partial charge in [-0.25, -0.2) is 8.78 Å². The number of nitrogens with zero attached hydrogens (tertiary/aromatic N) is 2. The summed E-state index contributed by atoms with van der Waals surface area (Å²) < 4.78 is 24.8. The number of alkyl halides is 2. The van der Waals surface area contributed by atoms with E-state index in [9.17, 15) is 13.6 Å². The van der Waals surface area contributed by atoms with Gasteiger partial charge in [0.1, 0.15) is 11.4 Å². The van der Waals surface area contributed by atoms with E-state index in [0.717, 1.165) is 11.8 Å². The first-order valence-corrected chi connectivity index (χ1v) is 6.10. The number of amides is 1. The lowest BCUT2D eigenvalue weighted by Gasteiger charge is -2.12. The van der Waals surface area contributed by atoms with Gasteiger partial charge in [0, 0.05) is 24.4 Å². The molecule has 2 N–H and O–H groups in total. The zero-order valence-electron chi connectivity index (χ0n) is 10.8. The first kappa shape index (κ1) is 14.1. The van der Waals surface area contributed by atoms with Crippen molar-refractivity contribution in [2.75, 3.05) is 0 Å². The molecule has 2 aromatic heterocycles. The Balaban J connectivity index is 1.93. The maximum absolute atomic E-state index is 12.4. The Morgan fingerprint density at radius 2 is 2.25 bits per heavy atom. The van der Waals surface area contributed by atoms with Crippen LogP contribution in [0, 0.1) is 0 Å². The average molecular weight is 280 g/mol. The maximum atomic E-state index is 12.4. The molecule has 0 saturated heterocycles. The molecule has 2 rings (SSSR count). The van der Waals surface area contributed by atoms with E-state index in [1.165, 1.54) is 0 Å². The topological polar surface area (TPSA) is 70.7 Å². The lowest BCUT2D eigenvalue weighted by Crippen LogP contribution is -2.34. The zero-order chi connectivity index (χ0) is 14.5. The lowest BCUT2D eigenvalue weighted by molar-refractivity contribution is 0.0935. The van der Waals surface area contributed by atoms with Crippen molar-refractivity contribution >= 4 is 5.91 Å².